The van der Waals surface area contributed by atoms with Gasteiger partial charge in [-0.2, -0.15) is 0 Å². The van der Waals surface area contributed by atoms with Gasteiger partial charge in [0.1, 0.15) is 11.4 Å². The Morgan fingerprint density at radius 2 is 2.05 bits per heavy atom. The van der Waals surface area contributed by atoms with Crippen LogP contribution in [-0.4, -0.2) is 26.7 Å². The number of hydrogen-bond acceptors (Lipinski definition) is 4. The van der Waals surface area contributed by atoms with Crippen LogP contribution in [0.1, 0.15) is 24.7 Å². The Balaban J connectivity index is 1.96. The zero-order chi connectivity index (χ0) is 13.5. The molecule has 0 unspecified atom stereocenters. The molecule has 0 saturated heterocycles. The van der Waals surface area contributed by atoms with Crippen LogP contribution in [0.3, 0.4) is 0 Å². The highest BCUT2D eigenvalue weighted by Crippen LogP contribution is 2.11. The van der Waals surface area contributed by atoms with Gasteiger partial charge in [0.15, 0.2) is 0 Å². The number of hydrogen-bond donors (Lipinski definition) is 1. The molecule has 0 atom stereocenters. The predicted molar refractivity (Wildman–Crippen MR) is 71.9 cm³/mol. The lowest BCUT2D eigenvalue weighted by molar-refractivity contribution is 0.273. The van der Waals surface area contributed by atoms with Crippen molar-refractivity contribution in [1.29, 1.82) is 0 Å². The van der Waals surface area contributed by atoms with Crippen molar-refractivity contribution in [3.8, 4) is 5.75 Å². The third kappa shape index (κ3) is 3.54. The number of aliphatic hydroxyl groups excluding tert-OH is 1. The van der Waals surface area contributed by atoms with Crippen LogP contribution < -0.4 is 4.74 Å². The Labute approximate surface area is 112 Å². The van der Waals surface area contributed by atoms with Crippen LogP contribution in [-0.2, 0) is 19.6 Å². The smallest absolute Gasteiger partial charge is 0.119 e. The highest BCUT2D eigenvalue weighted by Gasteiger charge is 2.11. The molecule has 2 aromatic rings. The van der Waals surface area contributed by atoms with Gasteiger partial charge in [-0.1, -0.05) is 30.3 Å². The van der Waals surface area contributed by atoms with Crippen molar-refractivity contribution >= 4 is 0 Å². The molecule has 1 aromatic carbocycles. The van der Waals surface area contributed by atoms with Crippen LogP contribution in [0.5, 0.6) is 5.75 Å². The average Bonchev–Trinajstić information content (AvgIpc) is 2.83. The zero-order valence-electron chi connectivity index (χ0n) is 11.1. The summed E-state index contributed by atoms with van der Waals surface area (Å²) >= 11 is 0. The minimum Gasteiger partial charge on any atom is -0.493 e. The number of para-hydroxylation sites is 1. The summed E-state index contributed by atoms with van der Waals surface area (Å²) in [5.74, 6) is 0.850. The van der Waals surface area contributed by atoms with Crippen LogP contribution in [0.25, 0.3) is 0 Å². The van der Waals surface area contributed by atoms with Gasteiger partial charge in [0, 0.05) is 13.0 Å². The fraction of sp³-hybridized carbons (Fsp3) is 0.429. The molecule has 5 nitrogen and oxygen atoms in total. The molecule has 0 fully saturated rings. The SMILES string of the molecule is CCCn1nnc(CO)c1CCOc1ccccc1. The summed E-state index contributed by atoms with van der Waals surface area (Å²) in [4.78, 5) is 0. The maximum atomic E-state index is 9.26. The minimum absolute atomic E-state index is 0.0790. The molecular formula is C14H19N3O2. The third-order valence-electron chi connectivity index (χ3n) is 2.85. The van der Waals surface area contributed by atoms with Gasteiger partial charge in [0.05, 0.1) is 18.9 Å². The summed E-state index contributed by atoms with van der Waals surface area (Å²) in [5, 5.41) is 17.3. The van der Waals surface area contributed by atoms with Crippen molar-refractivity contribution in [2.24, 2.45) is 0 Å². The van der Waals surface area contributed by atoms with E-state index >= 15 is 0 Å². The van der Waals surface area contributed by atoms with Gasteiger partial charge in [-0.15, -0.1) is 5.10 Å². The van der Waals surface area contributed by atoms with Gasteiger partial charge in [-0.25, -0.2) is 4.68 Å². The van der Waals surface area contributed by atoms with Crippen molar-refractivity contribution in [3.63, 3.8) is 0 Å². The normalized spacial score (nSPS) is 10.6. The van der Waals surface area contributed by atoms with Crippen molar-refractivity contribution in [2.45, 2.75) is 32.9 Å². The molecule has 0 amide bonds. The summed E-state index contributed by atoms with van der Waals surface area (Å²) < 4.78 is 7.51. The predicted octanol–water partition coefficient (Wildman–Crippen LogP) is 1.80. The standard InChI is InChI=1S/C14H19N3O2/c1-2-9-17-14(13(11-18)15-16-17)8-10-19-12-6-4-3-5-7-12/h3-7,18H,2,8-11H2,1H3. The van der Waals surface area contributed by atoms with E-state index in [4.69, 9.17) is 4.74 Å². The maximum absolute atomic E-state index is 9.26. The topological polar surface area (TPSA) is 60.2 Å². The number of nitrogens with zero attached hydrogens (tertiary/aromatic N) is 3. The van der Waals surface area contributed by atoms with Crippen LogP contribution in [0.2, 0.25) is 0 Å². The number of aliphatic hydroxyl groups is 1. The summed E-state index contributed by atoms with van der Waals surface area (Å²) in [6.07, 6.45) is 1.68. The van der Waals surface area contributed by atoms with E-state index in [0.29, 0.717) is 18.7 Å². The van der Waals surface area contributed by atoms with Crippen molar-refractivity contribution in [1.82, 2.24) is 15.0 Å². The van der Waals surface area contributed by atoms with Gasteiger partial charge in [-0.3, -0.25) is 0 Å². The van der Waals surface area contributed by atoms with E-state index in [0.717, 1.165) is 24.4 Å². The molecule has 1 heterocycles. The number of benzene rings is 1. The number of ether oxygens (including phenoxy) is 1. The van der Waals surface area contributed by atoms with Gasteiger partial charge in [-0.05, 0) is 18.6 Å². The van der Waals surface area contributed by atoms with E-state index in [1.54, 1.807) is 0 Å². The number of aryl methyl sites for hydroxylation is 1. The minimum atomic E-state index is -0.0790. The first-order valence-corrected chi connectivity index (χ1v) is 6.55. The fourth-order valence-corrected chi connectivity index (χ4v) is 1.94. The average molecular weight is 261 g/mol. The Bertz CT molecular complexity index is 497. The monoisotopic (exact) mass is 261 g/mol. The quantitative estimate of drug-likeness (QED) is 0.825. The summed E-state index contributed by atoms with van der Waals surface area (Å²) in [5.41, 5.74) is 1.60. The van der Waals surface area contributed by atoms with Crippen molar-refractivity contribution in [3.05, 3.63) is 41.7 Å². The largest absolute Gasteiger partial charge is 0.493 e. The first-order valence-electron chi connectivity index (χ1n) is 6.55. The fourth-order valence-electron chi connectivity index (χ4n) is 1.94. The van der Waals surface area contributed by atoms with E-state index in [1.165, 1.54) is 0 Å². The number of rotatable bonds is 7. The Kier molecular flexibility index (Phi) is 4.92. The molecule has 0 aliphatic carbocycles. The van der Waals surface area contributed by atoms with Crippen molar-refractivity contribution in [2.75, 3.05) is 6.61 Å². The van der Waals surface area contributed by atoms with E-state index in [2.05, 4.69) is 17.2 Å². The second kappa shape index (κ2) is 6.89. The maximum Gasteiger partial charge on any atom is 0.119 e. The molecule has 0 radical (unpaired) electrons. The van der Waals surface area contributed by atoms with Crippen LogP contribution in [0.15, 0.2) is 30.3 Å². The summed E-state index contributed by atoms with van der Waals surface area (Å²) in [6, 6.07) is 9.69. The molecule has 0 aliphatic rings. The van der Waals surface area contributed by atoms with Gasteiger partial charge in [0.2, 0.25) is 0 Å². The lowest BCUT2D eigenvalue weighted by atomic mass is 10.2. The van der Waals surface area contributed by atoms with E-state index in [-0.39, 0.29) is 6.61 Å². The number of aromatic nitrogens is 3. The summed E-state index contributed by atoms with van der Waals surface area (Å²) in [7, 11) is 0. The molecule has 1 N–H and O–H groups in total. The zero-order valence-corrected chi connectivity index (χ0v) is 11.1. The second-order valence-electron chi connectivity index (χ2n) is 4.28. The van der Waals surface area contributed by atoms with E-state index < -0.39 is 0 Å². The first-order chi connectivity index (χ1) is 9.35. The molecule has 1 aromatic heterocycles. The Morgan fingerprint density at radius 3 is 2.74 bits per heavy atom. The van der Waals surface area contributed by atoms with Crippen LogP contribution in [0.4, 0.5) is 0 Å². The second-order valence-corrected chi connectivity index (χ2v) is 4.28. The molecule has 0 bridgehead atoms. The summed E-state index contributed by atoms with van der Waals surface area (Å²) in [6.45, 7) is 3.37. The third-order valence-corrected chi connectivity index (χ3v) is 2.85. The Hall–Kier alpha value is -1.88. The van der Waals surface area contributed by atoms with Crippen LogP contribution in [0, 0.1) is 0 Å². The highest BCUT2D eigenvalue weighted by atomic mass is 16.5. The molecule has 2 rings (SSSR count). The first kappa shape index (κ1) is 13.5. The molecule has 0 saturated carbocycles. The van der Waals surface area contributed by atoms with Crippen molar-refractivity contribution < 1.29 is 9.84 Å². The molecular weight excluding hydrogens is 242 g/mol. The van der Waals surface area contributed by atoms with Gasteiger partial charge in [0.25, 0.3) is 0 Å². The highest BCUT2D eigenvalue weighted by molar-refractivity contribution is 5.21. The van der Waals surface area contributed by atoms with E-state index in [9.17, 15) is 5.11 Å². The molecule has 19 heavy (non-hydrogen) atoms. The molecule has 0 aliphatic heterocycles. The molecule has 102 valence electrons. The van der Waals surface area contributed by atoms with E-state index in [1.807, 2.05) is 35.0 Å². The lowest BCUT2D eigenvalue weighted by Crippen LogP contribution is -2.10. The lowest BCUT2D eigenvalue weighted by Gasteiger charge is -2.08. The van der Waals surface area contributed by atoms with Gasteiger partial charge >= 0.3 is 0 Å². The van der Waals surface area contributed by atoms with Crippen LogP contribution >= 0.6 is 0 Å². The Morgan fingerprint density at radius 1 is 1.26 bits per heavy atom. The van der Waals surface area contributed by atoms with Gasteiger partial charge < -0.3 is 9.84 Å². The molecule has 5 heteroatoms. The molecule has 0 spiro atoms.